The largest absolute Gasteiger partial charge is 0.492 e. The Morgan fingerprint density at radius 1 is 1.27 bits per heavy atom. The monoisotopic (exact) mass is 354 g/mol. The molecular weight excluding hydrogens is 332 g/mol. The molecule has 2 aromatic carbocycles. The van der Waals surface area contributed by atoms with E-state index in [1.165, 1.54) is 5.56 Å². The molecule has 0 fully saturated rings. The van der Waals surface area contributed by atoms with Crippen molar-refractivity contribution in [3.8, 4) is 17.2 Å². The standard InChI is InChI=1S/C20H22N2O4/c1-12(23)13-4-6-15(7-5-13)21-20-17-14(8-9-22(20)2)10-16-18(19(17)24-3)26-11-25-16/h4-7,10,20-21H,8-9,11H2,1-3H3/t20-/m0/s1. The van der Waals surface area contributed by atoms with Crippen molar-refractivity contribution < 1.29 is 19.0 Å². The molecular formula is C20H22N2O4. The van der Waals surface area contributed by atoms with Gasteiger partial charge in [-0.05, 0) is 56.3 Å². The van der Waals surface area contributed by atoms with Gasteiger partial charge in [0.1, 0.15) is 6.17 Å². The van der Waals surface area contributed by atoms with Crippen LogP contribution in [0.4, 0.5) is 5.69 Å². The number of ether oxygens (including phenoxy) is 3. The fourth-order valence-electron chi connectivity index (χ4n) is 3.57. The summed E-state index contributed by atoms with van der Waals surface area (Å²) in [6.07, 6.45) is 0.853. The number of hydrogen-bond acceptors (Lipinski definition) is 6. The normalized spacial score (nSPS) is 18.3. The van der Waals surface area contributed by atoms with E-state index in [9.17, 15) is 4.79 Å². The van der Waals surface area contributed by atoms with Gasteiger partial charge in [0, 0.05) is 23.4 Å². The minimum atomic E-state index is -0.0635. The smallest absolute Gasteiger partial charge is 0.231 e. The molecule has 0 spiro atoms. The zero-order valence-corrected chi connectivity index (χ0v) is 15.2. The maximum absolute atomic E-state index is 11.5. The van der Waals surface area contributed by atoms with Crippen molar-refractivity contribution in [3.05, 3.63) is 47.0 Å². The summed E-state index contributed by atoms with van der Waals surface area (Å²) < 4.78 is 16.9. The van der Waals surface area contributed by atoms with Crippen molar-refractivity contribution in [2.24, 2.45) is 0 Å². The number of fused-ring (bicyclic) bond motifs is 2. The van der Waals surface area contributed by atoms with Crippen LogP contribution in [0.2, 0.25) is 0 Å². The highest BCUT2D eigenvalue weighted by atomic mass is 16.7. The van der Waals surface area contributed by atoms with Gasteiger partial charge >= 0.3 is 0 Å². The van der Waals surface area contributed by atoms with Crippen molar-refractivity contribution in [2.75, 3.05) is 32.8 Å². The summed E-state index contributed by atoms with van der Waals surface area (Å²) in [7, 11) is 3.74. The van der Waals surface area contributed by atoms with E-state index in [0.29, 0.717) is 11.3 Å². The first-order chi connectivity index (χ1) is 12.6. The van der Waals surface area contributed by atoms with E-state index >= 15 is 0 Å². The molecule has 4 rings (SSSR count). The minimum absolute atomic E-state index is 0.0612. The van der Waals surface area contributed by atoms with Crippen molar-refractivity contribution in [3.63, 3.8) is 0 Å². The third-order valence-electron chi connectivity index (χ3n) is 4.99. The minimum Gasteiger partial charge on any atom is -0.492 e. The second kappa shape index (κ2) is 6.53. The number of carbonyl (C=O) groups excluding carboxylic acids is 1. The van der Waals surface area contributed by atoms with Crippen molar-refractivity contribution in [1.82, 2.24) is 4.90 Å². The molecule has 2 heterocycles. The van der Waals surface area contributed by atoms with Crippen LogP contribution in [0.25, 0.3) is 0 Å². The van der Waals surface area contributed by atoms with Crippen LogP contribution in [-0.2, 0) is 6.42 Å². The van der Waals surface area contributed by atoms with Crippen LogP contribution >= 0.6 is 0 Å². The van der Waals surface area contributed by atoms with Gasteiger partial charge in [-0.1, -0.05) is 0 Å². The number of rotatable bonds is 4. The summed E-state index contributed by atoms with van der Waals surface area (Å²) in [5.74, 6) is 2.19. The first-order valence-electron chi connectivity index (χ1n) is 8.65. The molecule has 0 aliphatic carbocycles. The van der Waals surface area contributed by atoms with Gasteiger partial charge in [0.05, 0.1) is 7.11 Å². The molecule has 0 aromatic heterocycles. The molecule has 0 saturated carbocycles. The molecule has 6 heteroatoms. The summed E-state index contributed by atoms with van der Waals surface area (Å²) in [6, 6.07) is 9.59. The van der Waals surface area contributed by atoms with Gasteiger partial charge in [-0.25, -0.2) is 0 Å². The van der Waals surface area contributed by atoms with Gasteiger partial charge in [0.15, 0.2) is 17.3 Å². The molecule has 1 atom stereocenters. The van der Waals surface area contributed by atoms with Gasteiger partial charge < -0.3 is 19.5 Å². The lowest BCUT2D eigenvalue weighted by Crippen LogP contribution is -2.37. The van der Waals surface area contributed by atoms with Crippen LogP contribution in [0.3, 0.4) is 0 Å². The van der Waals surface area contributed by atoms with E-state index in [-0.39, 0.29) is 18.7 Å². The molecule has 26 heavy (non-hydrogen) atoms. The third kappa shape index (κ3) is 2.76. The number of carbonyl (C=O) groups is 1. The quantitative estimate of drug-likeness (QED) is 0.851. The number of likely N-dealkylation sites (N-methyl/N-ethyl adjacent to an activating group) is 1. The maximum Gasteiger partial charge on any atom is 0.231 e. The summed E-state index contributed by atoms with van der Waals surface area (Å²) in [5, 5.41) is 3.56. The van der Waals surface area contributed by atoms with Gasteiger partial charge in [-0.3, -0.25) is 9.69 Å². The zero-order chi connectivity index (χ0) is 18.3. The highest BCUT2D eigenvalue weighted by molar-refractivity contribution is 5.94. The van der Waals surface area contributed by atoms with Crippen molar-refractivity contribution >= 4 is 11.5 Å². The predicted molar refractivity (Wildman–Crippen MR) is 98.3 cm³/mol. The fraction of sp³-hybridized carbons (Fsp3) is 0.350. The van der Waals surface area contributed by atoms with E-state index < -0.39 is 0 Å². The zero-order valence-electron chi connectivity index (χ0n) is 15.2. The first-order valence-corrected chi connectivity index (χ1v) is 8.65. The Kier molecular flexibility index (Phi) is 4.20. The first kappa shape index (κ1) is 16.7. The second-order valence-corrected chi connectivity index (χ2v) is 6.63. The Balaban J connectivity index is 1.72. The molecule has 0 saturated heterocycles. The Labute approximate surface area is 152 Å². The summed E-state index contributed by atoms with van der Waals surface area (Å²) >= 11 is 0. The van der Waals surface area contributed by atoms with Crippen LogP contribution in [0.1, 0.15) is 34.6 Å². The van der Waals surface area contributed by atoms with Gasteiger partial charge in [-0.15, -0.1) is 0 Å². The number of benzene rings is 2. The topological polar surface area (TPSA) is 60.0 Å². The van der Waals surface area contributed by atoms with E-state index in [0.717, 1.165) is 35.7 Å². The SMILES string of the molecule is COc1c2c(cc3c1[C@@H](Nc1ccc(C(C)=O)cc1)N(C)CC3)OCO2. The number of nitrogens with zero attached hydrogens (tertiary/aromatic N) is 1. The Hall–Kier alpha value is -2.73. The summed E-state index contributed by atoms with van der Waals surface area (Å²) in [6.45, 7) is 2.70. The fourth-order valence-corrected chi connectivity index (χ4v) is 3.57. The number of methoxy groups -OCH3 is 1. The molecule has 0 radical (unpaired) electrons. The third-order valence-corrected chi connectivity index (χ3v) is 4.99. The average Bonchev–Trinajstić information content (AvgIpc) is 3.11. The molecule has 1 N–H and O–H groups in total. The van der Waals surface area contributed by atoms with Crippen LogP contribution in [0.15, 0.2) is 30.3 Å². The van der Waals surface area contributed by atoms with Crippen LogP contribution in [-0.4, -0.2) is 38.2 Å². The lowest BCUT2D eigenvalue weighted by molar-refractivity contribution is 0.101. The summed E-state index contributed by atoms with van der Waals surface area (Å²) in [4.78, 5) is 13.7. The van der Waals surface area contributed by atoms with Crippen LogP contribution in [0.5, 0.6) is 17.2 Å². The number of Topliss-reactive ketones (excluding diaryl/α,β-unsaturated/α-hetero) is 1. The molecule has 0 bridgehead atoms. The van der Waals surface area contributed by atoms with E-state index in [1.807, 2.05) is 24.3 Å². The molecule has 2 aliphatic heterocycles. The molecule has 0 unspecified atom stereocenters. The predicted octanol–water partition coefficient (Wildman–Crippen LogP) is 3.23. The van der Waals surface area contributed by atoms with Crippen molar-refractivity contribution in [1.29, 1.82) is 0 Å². The number of ketones is 1. The average molecular weight is 354 g/mol. The second-order valence-electron chi connectivity index (χ2n) is 6.63. The van der Waals surface area contributed by atoms with Gasteiger partial charge in [0.25, 0.3) is 0 Å². The Bertz CT molecular complexity index is 848. The Morgan fingerprint density at radius 2 is 2.04 bits per heavy atom. The Morgan fingerprint density at radius 3 is 2.73 bits per heavy atom. The number of anilines is 1. The van der Waals surface area contributed by atoms with E-state index in [1.54, 1.807) is 14.0 Å². The van der Waals surface area contributed by atoms with Gasteiger partial charge in [-0.2, -0.15) is 0 Å². The van der Waals surface area contributed by atoms with E-state index in [4.69, 9.17) is 14.2 Å². The molecule has 0 amide bonds. The highest BCUT2D eigenvalue weighted by Crippen LogP contribution is 2.49. The van der Waals surface area contributed by atoms with Crippen molar-refractivity contribution in [2.45, 2.75) is 19.5 Å². The maximum atomic E-state index is 11.5. The van der Waals surface area contributed by atoms with Gasteiger partial charge in [0.2, 0.25) is 12.5 Å². The lowest BCUT2D eigenvalue weighted by atomic mass is 9.94. The highest BCUT2D eigenvalue weighted by Gasteiger charge is 2.33. The number of nitrogens with one attached hydrogen (secondary N) is 1. The number of hydrogen-bond donors (Lipinski definition) is 1. The molecule has 136 valence electrons. The molecule has 2 aliphatic rings. The van der Waals surface area contributed by atoms with E-state index in [2.05, 4.69) is 23.3 Å². The van der Waals surface area contributed by atoms with Crippen LogP contribution < -0.4 is 19.5 Å². The van der Waals surface area contributed by atoms with Crippen LogP contribution in [0, 0.1) is 0 Å². The molecule has 6 nitrogen and oxygen atoms in total. The lowest BCUT2D eigenvalue weighted by Gasteiger charge is -2.36. The molecule has 2 aromatic rings. The summed E-state index contributed by atoms with van der Waals surface area (Å²) in [5.41, 5.74) is 3.91.